The molecular weight excluding hydrogens is 436 g/mol. The third-order valence-corrected chi connectivity index (χ3v) is 7.61. The van der Waals surface area contributed by atoms with E-state index in [1.807, 2.05) is 18.2 Å². The number of aryl methyl sites for hydroxylation is 3. The van der Waals surface area contributed by atoms with Crippen LogP contribution in [0.2, 0.25) is 0 Å². The van der Waals surface area contributed by atoms with Gasteiger partial charge in [0.05, 0.1) is 25.6 Å². The highest BCUT2D eigenvalue weighted by atomic mass is 16.5. The quantitative estimate of drug-likeness (QED) is 0.445. The van der Waals surface area contributed by atoms with E-state index >= 15 is 0 Å². The Morgan fingerprint density at radius 2 is 1.66 bits per heavy atom. The van der Waals surface area contributed by atoms with Crippen LogP contribution in [-0.2, 0) is 24.1 Å². The van der Waals surface area contributed by atoms with Crippen molar-refractivity contribution < 1.29 is 14.3 Å². The molecule has 1 fully saturated rings. The van der Waals surface area contributed by atoms with Crippen molar-refractivity contribution in [2.24, 2.45) is 5.92 Å². The molecule has 1 amide bonds. The number of methoxy groups -OCH3 is 2. The summed E-state index contributed by atoms with van der Waals surface area (Å²) in [6.45, 7) is 0.816. The number of fused-ring (bicyclic) bond motifs is 3. The Morgan fingerprint density at radius 1 is 0.943 bits per heavy atom. The van der Waals surface area contributed by atoms with E-state index in [4.69, 9.17) is 9.47 Å². The van der Waals surface area contributed by atoms with Gasteiger partial charge >= 0.3 is 0 Å². The molecule has 1 heterocycles. The summed E-state index contributed by atoms with van der Waals surface area (Å²) in [7, 11) is 3.35. The van der Waals surface area contributed by atoms with Gasteiger partial charge < -0.3 is 19.4 Å². The van der Waals surface area contributed by atoms with Crippen LogP contribution >= 0.6 is 0 Å². The minimum atomic E-state index is 0.143. The van der Waals surface area contributed by atoms with E-state index in [1.165, 1.54) is 54.5 Å². The van der Waals surface area contributed by atoms with E-state index < -0.39 is 0 Å². The maximum Gasteiger partial charge on any atom is 0.220 e. The predicted octanol–water partition coefficient (Wildman–Crippen LogP) is 5.89. The fourth-order valence-corrected chi connectivity index (χ4v) is 5.72. The number of nitrogens with zero attached hydrogens (tertiary/aromatic N) is 1. The van der Waals surface area contributed by atoms with E-state index in [-0.39, 0.29) is 5.91 Å². The molecule has 5 nitrogen and oxygen atoms in total. The standard InChI is InChI=1S/C30H36N2O3/c1-34-26-17-25(18-27(19-26)35-2)32-24(14-15-29(33)31-20-21-8-4-3-5-9-21)16-23-13-12-22-10-6-7-11-28(22)30(23)32/h6-7,10-11,16-19,21H,3-5,8-9,12-15,20H2,1-2H3,(H,31,33). The van der Waals surface area contributed by atoms with E-state index in [0.29, 0.717) is 18.8 Å². The van der Waals surface area contributed by atoms with Crippen LogP contribution in [0.3, 0.4) is 0 Å². The van der Waals surface area contributed by atoms with Gasteiger partial charge in [0.1, 0.15) is 11.5 Å². The summed E-state index contributed by atoms with van der Waals surface area (Å²) in [6.07, 6.45) is 9.63. The minimum absolute atomic E-state index is 0.143. The second-order valence-electron chi connectivity index (χ2n) is 9.88. The topological polar surface area (TPSA) is 52.5 Å². The van der Waals surface area contributed by atoms with Crippen molar-refractivity contribution in [2.45, 2.75) is 57.8 Å². The SMILES string of the molecule is COc1cc(OC)cc(-n2c(CCC(=O)NCC3CCCCC3)cc3c2-c2ccccc2CC3)c1. The molecule has 1 N–H and O–H groups in total. The van der Waals surface area contributed by atoms with Crippen LogP contribution in [0.25, 0.3) is 16.9 Å². The third-order valence-electron chi connectivity index (χ3n) is 7.61. The van der Waals surface area contributed by atoms with E-state index in [0.717, 1.165) is 42.3 Å². The lowest BCUT2D eigenvalue weighted by Crippen LogP contribution is -2.30. The molecule has 0 spiro atoms. The number of amides is 1. The van der Waals surface area contributed by atoms with E-state index in [1.54, 1.807) is 14.2 Å². The van der Waals surface area contributed by atoms with Crippen molar-refractivity contribution in [3.05, 3.63) is 65.4 Å². The first-order valence-electron chi connectivity index (χ1n) is 13.0. The van der Waals surface area contributed by atoms with Gasteiger partial charge in [-0.25, -0.2) is 0 Å². The molecule has 0 bridgehead atoms. The number of carbonyl (C=O) groups is 1. The van der Waals surface area contributed by atoms with Crippen LogP contribution in [0.1, 0.15) is 55.3 Å². The first-order chi connectivity index (χ1) is 17.2. The highest BCUT2D eigenvalue weighted by Crippen LogP contribution is 2.39. The molecule has 5 heteroatoms. The molecule has 3 aromatic rings. The highest BCUT2D eigenvalue weighted by Gasteiger charge is 2.24. The zero-order valence-corrected chi connectivity index (χ0v) is 20.9. The maximum atomic E-state index is 12.8. The van der Waals surface area contributed by atoms with Crippen molar-refractivity contribution in [3.63, 3.8) is 0 Å². The molecule has 1 saturated carbocycles. The summed E-state index contributed by atoms with van der Waals surface area (Å²) in [6, 6.07) is 16.9. The number of rotatable bonds is 8. The molecule has 0 aliphatic heterocycles. The number of aromatic nitrogens is 1. The Bertz CT molecular complexity index is 1170. The van der Waals surface area contributed by atoms with Gasteiger partial charge in [-0.2, -0.15) is 0 Å². The van der Waals surface area contributed by atoms with Gasteiger partial charge in [0.25, 0.3) is 0 Å². The van der Waals surface area contributed by atoms with Gasteiger partial charge in [0.15, 0.2) is 0 Å². The van der Waals surface area contributed by atoms with Crippen molar-refractivity contribution in [2.75, 3.05) is 20.8 Å². The second kappa shape index (κ2) is 10.6. The van der Waals surface area contributed by atoms with Gasteiger partial charge in [-0.15, -0.1) is 0 Å². The molecule has 35 heavy (non-hydrogen) atoms. The predicted molar refractivity (Wildman–Crippen MR) is 140 cm³/mol. The van der Waals surface area contributed by atoms with Gasteiger partial charge in [-0.3, -0.25) is 4.79 Å². The molecule has 2 aliphatic carbocycles. The smallest absolute Gasteiger partial charge is 0.220 e. The Balaban J connectivity index is 1.45. The van der Waals surface area contributed by atoms with Gasteiger partial charge in [0, 0.05) is 42.4 Å². The number of ether oxygens (including phenoxy) is 2. The zero-order valence-electron chi connectivity index (χ0n) is 20.9. The first kappa shape index (κ1) is 23.5. The molecule has 2 aliphatic rings. The van der Waals surface area contributed by atoms with Crippen LogP contribution in [0.4, 0.5) is 0 Å². The fraction of sp³-hybridized carbons (Fsp3) is 0.433. The lowest BCUT2D eigenvalue weighted by molar-refractivity contribution is -0.121. The lowest BCUT2D eigenvalue weighted by Gasteiger charge is -2.22. The van der Waals surface area contributed by atoms with Crippen LogP contribution < -0.4 is 14.8 Å². The summed E-state index contributed by atoms with van der Waals surface area (Å²) in [4.78, 5) is 12.8. The maximum absolute atomic E-state index is 12.8. The zero-order chi connectivity index (χ0) is 24.2. The number of benzene rings is 2. The Hall–Kier alpha value is -3.21. The molecule has 2 aromatic carbocycles. The van der Waals surface area contributed by atoms with Crippen molar-refractivity contribution in [3.8, 4) is 28.4 Å². The average Bonchev–Trinajstić information content (AvgIpc) is 3.30. The number of hydrogen-bond acceptors (Lipinski definition) is 3. The molecule has 0 saturated heterocycles. The lowest BCUT2D eigenvalue weighted by atomic mass is 9.89. The largest absolute Gasteiger partial charge is 0.497 e. The minimum Gasteiger partial charge on any atom is -0.497 e. The van der Waals surface area contributed by atoms with E-state index in [9.17, 15) is 4.79 Å². The summed E-state index contributed by atoms with van der Waals surface area (Å²) in [5.74, 6) is 2.29. The molecule has 0 unspecified atom stereocenters. The number of carbonyl (C=O) groups excluding carboxylic acids is 1. The summed E-state index contributed by atoms with van der Waals surface area (Å²) < 4.78 is 13.5. The fourth-order valence-electron chi connectivity index (χ4n) is 5.72. The van der Waals surface area contributed by atoms with Gasteiger partial charge in [-0.1, -0.05) is 43.5 Å². The Labute approximate surface area is 208 Å². The van der Waals surface area contributed by atoms with E-state index in [2.05, 4.69) is 40.2 Å². The monoisotopic (exact) mass is 472 g/mol. The molecule has 1 aromatic heterocycles. The normalized spacial score (nSPS) is 15.3. The summed E-state index contributed by atoms with van der Waals surface area (Å²) >= 11 is 0. The number of hydrogen-bond donors (Lipinski definition) is 1. The highest BCUT2D eigenvalue weighted by molar-refractivity contribution is 5.77. The average molecular weight is 473 g/mol. The van der Waals surface area contributed by atoms with Crippen molar-refractivity contribution in [1.29, 1.82) is 0 Å². The second-order valence-corrected chi connectivity index (χ2v) is 9.88. The van der Waals surface area contributed by atoms with Crippen molar-refractivity contribution >= 4 is 5.91 Å². The van der Waals surface area contributed by atoms with Gasteiger partial charge in [-0.05, 0) is 55.2 Å². The summed E-state index contributed by atoms with van der Waals surface area (Å²) in [5.41, 5.74) is 7.34. The first-order valence-corrected chi connectivity index (χ1v) is 13.0. The molecule has 0 radical (unpaired) electrons. The number of nitrogens with one attached hydrogen (secondary N) is 1. The van der Waals surface area contributed by atoms with Crippen molar-refractivity contribution in [1.82, 2.24) is 9.88 Å². The Kier molecular flexibility index (Phi) is 7.12. The van der Waals surface area contributed by atoms with Crippen LogP contribution in [0.15, 0.2) is 48.5 Å². The summed E-state index contributed by atoms with van der Waals surface area (Å²) in [5, 5.41) is 3.21. The molecular formula is C30H36N2O3. The van der Waals surface area contributed by atoms with Gasteiger partial charge in [0.2, 0.25) is 5.91 Å². The molecule has 5 rings (SSSR count). The molecule has 0 atom stereocenters. The third kappa shape index (κ3) is 5.09. The van der Waals surface area contributed by atoms with Crippen LogP contribution in [0.5, 0.6) is 11.5 Å². The van der Waals surface area contributed by atoms with Crippen LogP contribution in [-0.4, -0.2) is 31.2 Å². The Morgan fingerprint density at radius 3 is 2.40 bits per heavy atom. The van der Waals surface area contributed by atoms with Crippen LogP contribution in [0, 0.1) is 5.92 Å². The molecule has 184 valence electrons.